The summed E-state index contributed by atoms with van der Waals surface area (Å²) in [6.07, 6.45) is 0.903. The monoisotopic (exact) mass is 389 g/mol. The quantitative estimate of drug-likeness (QED) is 0.710. The van der Waals surface area contributed by atoms with Crippen LogP contribution in [-0.4, -0.2) is 45.0 Å². The van der Waals surface area contributed by atoms with E-state index in [2.05, 4.69) is 0 Å². The third-order valence-corrected chi connectivity index (χ3v) is 6.37. The number of esters is 1. The Hall–Kier alpha value is -2.22. The van der Waals surface area contributed by atoms with Gasteiger partial charge in [0.2, 0.25) is 10.0 Å². The van der Waals surface area contributed by atoms with Crippen LogP contribution in [0.15, 0.2) is 53.4 Å². The van der Waals surface area contributed by atoms with Gasteiger partial charge in [0.25, 0.3) is 0 Å². The van der Waals surface area contributed by atoms with E-state index in [4.69, 9.17) is 9.47 Å². The number of benzene rings is 2. The lowest BCUT2D eigenvalue weighted by molar-refractivity contribution is 0.0472. The molecule has 0 spiro atoms. The molecule has 0 aromatic heterocycles. The van der Waals surface area contributed by atoms with E-state index in [1.807, 2.05) is 19.1 Å². The van der Waals surface area contributed by atoms with E-state index in [0.717, 1.165) is 12.0 Å². The van der Waals surface area contributed by atoms with Gasteiger partial charge in [-0.05, 0) is 41.8 Å². The van der Waals surface area contributed by atoms with E-state index in [9.17, 15) is 13.2 Å². The molecule has 3 rings (SSSR count). The van der Waals surface area contributed by atoms with Crippen LogP contribution >= 0.6 is 0 Å². The molecule has 27 heavy (non-hydrogen) atoms. The summed E-state index contributed by atoms with van der Waals surface area (Å²) in [5, 5.41) is 0. The van der Waals surface area contributed by atoms with Crippen molar-refractivity contribution in [2.24, 2.45) is 0 Å². The van der Waals surface area contributed by atoms with E-state index >= 15 is 0 Å². The lowest BCUT2D eigenvalue weighted by Gasteiger charge is -2.26. The van der Waals surface area contributed by atoms with E-state index < -0.39 is 16.0 Å². The second-order valence-corrected chi connectivity index (χ2v) is 8.23. The van der Waals surface area contributed by atoms with Gasteiger partial charge in [-0.3, -0.25) is 0 Å². The van der Waals surface area contributed by atoms with E-state index in [1.165, 1.54) is 4.31 Å². The van der Waals surface area contributed by atoms with Crippen molar-refractivity contribution in [3.8, 4) is 0 Å². The maximum Gasteiger partial charge on any atom is 0.338 e. The average molecular weight is 389 g/mol. The van der Waals surface area contributed by atoms with Gasteiger partial charge in [0, 0.05) is 13.1 Å². The van der Waals surface area contributed by atoms with Crippen molar-refractivity contribution in [3.05, 3.63) is 65.2 Å². The van der Waals surface area contributed by atoms with Crippen LogP contribution in [0.5, 0.6) is 0 Å². The topological polar surface area (TPSA) is 72.9 Å². The first kappa shape index (κ1) is 19.5. The minimum atomic E-state index is -3.57. The van der Waals surface area contributed by atoms with Crippen LogP contribution in [0, 0.1) is 0 Å². The lowest BCUT2D eigenvalue weighted by atomic mass is 10.1. The molecule has 0 amide bonds. The number of carbonyl (C=O) groups is 1. The summed E-state index contributed by atoms with van der Waals surface area (Å²) in [6, 6.07) is 13.8. The highest BCUT2D eigenvalue weighted by molar-refractivity contribution is 7.89. The maximum atomic E-state index is 12.7. The van der Waals surface area contributed by atoms with Crippen LogP contribution in [0.4, 0.5) is 0 Å². The van der Waals surface area contributed by atoms with Gasteiger partial charge in [0.05, 0.1) is 23.7 Å². The molecular formula is C20H23NO5S. The van der Waals surface area contributed by atoms with Crippen LogP contribution in [0.3, 0.4) is 0 Å². The molecule has 1 saturated heterocycles. The zero-order chi connectivity index (χ0) is 19.3. The molecule has 0 saturated carbocycles. The van der Waals surface area contributed by atoms with E-state index in [-0.39, 0.29) is 11.5 Å². The van der Waals surface area contributed by atoms with Crippen molar-refractivity contribution < 1.29 is 22.7 Å². The molecule has 1 fully saturated rings. The van der Waals surface area contributed by atoms with Gasteiger partial charge in [0.15, 0.2) is 0 Å². The number of ether oxygens (including phenoxy) is 2. The van der Waals surface area contributed by atoms with Crippen molar-refractivity contribution in [2.75, 3.05) is 26.3 Å². The molecule has 1 heterocycles. The number of hydrogen-bond acceptors (Lipinski definition) is 5. The first-order chi connectivity index (χ1) is 13.0. The van der Waals surface area contributed by atoms with Gasteiger partial charge < -0.3 is 9.47 Å². The number of nitrogens with zero attached hydrogens (tertiary/aromatic N) is 1. The number of rotatable bonds is 6. The molecular weight excluding hydrogens is 366 g/mol. The summed E-state index contributed by atoms with van der Waals surface area (Å²) in [7, 11) is -3.57. The Morgan fingerprint density at radius 2 is 1.78 bits per heavy atom. The minimum absolute atomic E-state index is 0.0147. The Labute approximate surface area is 159 Å². The third-order valence-electron chi connectivity index (χ3n) is 4.47. The molecule has 0 bridgehead atoms. The molecule has 2 aromatic rings. The first-order valence-electron chi connectivity index (χ1n) is 8.93. The highest BCUT2D eigenvalue weighted by Crippen LogP contribution is 2.19. The third kappa shape index (κ3) is 4.74. The summed E-state index contributed by atoms with van der Waals surface area (Å²) in [5.41, 5.74) is 2.25. The standard InChI is InChI=1S/C20H23NO5S/c1-2-16-6-8-18(9-7-16)20(22)26-15-17-4-3-5-19(14-17)27(23,24)21-10-12-25-13-11-21/h3-9,14H,2,10-13,15H2,1H3. The Kier molecular flexibility index (Phi) is 6.26. The van der Waals surface area contributed by atoms with Crippen molar-refractivity contribution in [1.29, 1.82) is 0 Å². The molecule has 0 atom stereocenters. The van der Waals surface area contributed by atoms with E-state index in [1.54, 1.807) is 36.4 Å². The van der Waals surface area contributed by atoms with Crippen molar-refractivity contribution in [2.45, 2.75) is 24.8 Å². The Morgan fingerprint density at radius 3 is 2.44 bits per heavy atom. The number of aryl methyl sites for hydroxylation is 1. The highest BCUT2D eigenvalue weighted by atomic mass is 32.2. The summed E-state index contributed by atoms with van der Waals surface area (Å²) in [6.45, 7) is 3.54. The van der Waals surface area contributed by atoms with Crippen molar-refractivity contribution in [1.82, 2.24) is 4.31 Å². The molecule has 7 heteroatoms. The Morgan fingerprint density at radius 1 is 1.07 bits per heavy atom. The SMILES string of the molecule is CCc1ccc(C(=O)OCc2cccc(S(=O)(=O)N3CCOCC3)c2)cc1. The van der Waals surface area contributed by atoms with Gasteiger partial charge in [0.1, 0.15) is 6.61 Å². The number of carbonyl (C=O) groups excluding carboxylic acids is 1. The molecule has 0 N–H and O–H groups in total. The molecule has 0 unspecified atom stereocenters. The Bertz CT molecular complexity index is 887. The molecule has 1 aliphatic rings. The predicted molar refractivity (Wildman–Crippen MR) is 101 cm³/mol. The number of morpholine rings is 1. The summed E-state index contributed by atoms with van der Waals surface area (Å²) in [5.74, 6) is -0.431. The van der Waals surface area contributed by atoms with Gasteiger partial charge in [-0.15, -0.1) is 0 Å². The molecule has 1 aliphatic heterocycles. The van der Waals surface area contributed by atoms with Crippen LogP contribution in [0.2, 0.25) is 0 Å². The fraction of sp³-hybridized carbons (Fsp3) is 0.350. The molecule has 6 nitrogen and oxygen atoms in total. The van der Waals surface area contributed by atoms with Crippen LogP contribution in [-0.2, 0) is 32.5 Å². The predicted octanol–water partition coefficient (Wildman–Crippen LogP) is 2.63. The van der Waals surface area contributed by atoms with Crippen LogP contribution in [0.1, 0.15) is 28.4 Å². The van der Waals surface area contributed by atoms with E-state index in [0.29, 0.717) is 37.4 Å². The largest absolute Gasteiger partial charge is 0.457 e. The van der Waals surface area contributed by atoms with Gasteiger partial charge in [-0.25, -0.2) is 13.2 Å². The normalized spacial score (nSPS) is 15.4. The van der Waals surface area contributed by atoms with Gasteiger partial charge >= 0.3 is 5.97 Å². The van der Waals surface area contributed by atoms with Gasteiger partial charge in [-0.2, -0.15) is 4.31 Å². The zero-order valence-electron chi connectivity index (χ0n) is 15.3. The van der Waals surface area contributed by atoms with Crippen molar-refractivity contribution in [3.63, 3.8) is 0 Å². The first-order valence-corrected chi connectivity index (χ1v) is 10.4. The summed E-state index contributed by atoms with van der Waals surface area (Å²) < 4.78 is 37.4. The molecule has 0 aliphatic carbocycles. The Balaban J connectivity index is 1.67. The summed E-state index contributed by atoms with van der Waals surface area (Å²) >= 11 is 0. The fourth-order valence-corrected chi connectivity index (χ4v) is 4.32. The fourth-order valence-electron chi connectivity index (χ4n) is 2.84. The second kappa shape index (κ2) is 8.65. The smallest absolute Gasteiger partial charge is 0.338 e. The van der Waals surface area contributed by atoms with Crippen LogP contribution in [0.25, 0.3) is 0 Å². The van der Waals surface area contributed by atoms with Crippen molar-refractivity contribution >= 4 is 16.0 Å². The molecule has 2 aromatic carbocycles. The average Bonchev–Trinajstić information content (AvgIpc) is 2.73. The molecule has 144 valence electrons. The number of sulfonamides is 1. The number of hydrogen-bond donors (Lipinski definition) is 0. The highest BCUT2D eigenvalue weighted by Gasteiger charge is 2.26. The maximum absolute atomic E-state index is 12.7. The summed E-state index contributed by atoms with van der Waals surface area (Å²) in [4.78, 5) is 12.4. The lowest BCUT2D eigenvalue weighted by Crippen LogP contribution is -2.40. The van der Waals surface area contributed by atoms with Gasteiger partial charge in [-0.1, -0.05) is 31.2 Å². The minimum Gasteiger partial charge on any atom is -0.457 e. The molecule has 0 radical (unpaired) electrons. The zero-order valence-corrected chi connectivity index (χ0v) is 16.1. The second-order valence-electron chi connectivity index (χ2n) is 6.29. The van der Waals surface area contributed by atoms with Crippen LogP contribution < -0.4 is 0 Å².